The zero-order chi connectivity index (χ0) is 18.9. The lowest BCUT2D eigenvalue weighted by Gasteiger charge is -2.13. The van der Waals surface area contributed by atoms with Gasteiger partial charge in [-0.05, 0) is 60.9 Å². The van der Waals surface area contributed by atoms with Crippen molar-refractivity contribution in [3.8, 4) is 5.40 Å². The molecule has 0 fully saturated rings. The molecule has 0 saturated heterocycles. The van der Waals surface area contributed by atoms with Crippen LogP contribution in [0.1, 0.15) is 23.1 Å². The van der Waals surface area contributed by atoms with E-state index >= 15 is 0 Å². The number of hydrogen-bond acceptors (Lipinski definition) is 5. The first-order valence-corrected chi connectivity index (χ1v) is 8.98. The Morgan fingerprint density at radius 2 is 1.81 bits per heavy atom. The number of nitrogens with one attached hydrogen (secondary N) is 1. The fraction of sp³-hybridized carbons (Fsp3) is 0.250. The van der Waals surface area contributed by atoms with Crippen molar-refractivity contribution in [1.82, 2.24) is 0 Å². The van der Waals surface area contributed by atoms with Crippen molar-refractivity contribution in [3.05, 3.63) is 59.2 Å². The maximum Gasteiger partial charge on any atom is 0.306 e. The summed E-state index contributed by atoms with van der Waals surface area (Å²) in [5, 5.41) is 13.5. The topological polar surface area (TPSA) is 79.2 Å². The third kappa shape index (κ3) is 5.94. The van der Waals surface area contributed by atoms with Gasteiger partial charge in [0.2, 0.25) is 0 Å². The van der Waals surface area contributed by atoms with E-state index in [1.165, 1.54) is 0 Å². The molecular weight excluding hydrogens is 348 g/mol. The highest BCUT2D eigenvalue weighted by Gasteiger charge is 2.12. The largest absolute Gasteiger partial charge is 0.456 e. The zero-order valence-corrected chi connectivity index (χ0v) is 15.6. The molecule has 134 valence electrons. The quantitative estimate of drug-likeness (QED) is 0.454. The summed E-state index contributed by atoms with van der Waals surface area (Å²) >= 11 is 1.07. The molecule has 0 bridgehead atoms. The van der Waals surface area contributed by atoms with Crippen LogP contribution in [0.2, 0.25) is 0 Å². The summed E-state index contributed by atoms with van der Waals surface area (Å²) in [6.45, 7) is 3.40. The second kappa shape index (κ2) is 9.64. The molecule has 0 aliphatic carbocycles. The van der Waals surface area contributed by atoms with Gasteiger partial charge in [0.05, 0.1) is 0 Å². The maximum absolute atomic E-state index is 12.1. The zero-order valence-electron chi connectivity index (χ0n) is 14.7. The number of benzene rings is 2. The Bertz CT molecular complexity index is 806. The van der Waals surface area contributed by atoms with Crippen LogP contribution in [0.25, 0.3) is 0 Å². The van der Waals surface area contributed by atoms with E-state index in [2.05, 4.69) is 5.32 Å². The van der Waals surface area contributed by atoms with Crippen LogP contribution in [-0.2, 0) is 20.7 Å². The minimum absolute atomic E-state index is 0.232. The number of carbonyl (C=O) groups excluding carboxylic acids is 2. The Balaban J connectivity index is 1.83. The number of esters is 1. The molecule has 1 amide bonds. The number of hydrogen-bond donors (Lipinski definition) is 1. The van der Waals surface area contributed by atoms with Crippen LogP contribution in [-0.4, -0.2) is 18.5 Å². The van der Waals surface area contributed by atoms with Crippen molar-refractivity contribution >= 4 is 29.3 Å². The van der Waals surface area contributed by atoms with Gasteiger partial charge in [0, 0.05) is 17.0 Å². The molecule has 0 aliphatic rings. The molecular formula is C20H20N2O3S. The summed E-state index contributed by atoms with van der Waals surface area (Å²) in [6, 6.07) is 13.3. The molecule has 0 aliphatic heterocycles. The van der Waals surface area contributed by atoms with E-state index in [0.717, 1.165) is 33.3 Å². The Morgan fingerprint density at radius 1 is 1.15 bits per heavy atom. The molecule has 0 radical (unpaired) electrons. The minimum Gasteiger partial charge on any atom is -0.456 e. The molecule has 1 N–H and O–H groups in total. The van der Waals surface area contributed by atoms with E-state index in [0.29, 0.717) is 12.1 Å². The van der Waals surface area contributed by atoms with E-state index in [-0.39, 0.29) is 18.9 Å². The van der Waals surface area contributed by atoms with Crippen LogP contribution in [0.15, 0.2) is 47.4 Å². The highest BCUT2D eigenvalue weighted by Crippen LogP contribution is 2.27. The Labute approximate surface area is 157 Å². The Kier molecular flexibility index (Phi) is 7.24. The number of anilines is 1. The van der Waals surface area contributed by atoms with Gasteiger partial charge in [-0.15, -0.1) is 0 Å². The minimum atomic E-state index is -0.404. The van der Waals surface area contributed by atoms with Gasteiger partial charge in [-0.25, -0.2) is 0 Å². The molecule has 2 aromatic carbocycles. The summed E-state index contributed by atoms with van der Waals surface area (Å²) in [5.74, 6) is -0.789. The van der Waals surface area contributed by atoms with Gasteiger partial charge in [-0.3, -0.25) is 9.59 Å². The molecule has 26 heavy (non-hydrogen) atoms. The highest BCUT2D eigenvalue weighted by atomic mass is 32.2. The summed E-state index contributed by atoms with van der Waals surface area (Å²) in [4.78, 5) is 24.7. The summed E-state index contributed by atoms with van der Waals surface area (Å²) in [7, 11) is 0. The number of ether oxygens (including phenoxy) is 1. The molecule has 0 aromatic heterocycles. The average Bonchev–Trinajstić information content (AvgIpc) is 2.62. The van der Waals surface area contributed by atoms with Gasteiger partial charge in [0.15, 0.2) is 6.61 Å². The number of thiocyanates is 1. The molecule has 0 atom stereocenters. The van der Waals surface area contributed by atoms with Crippen molar-refractivity contribution in [1.29, 1.82) is 5.26 Å². The Morgan fingerprint density at radius 3 is 2.42 bits per heavy atom. The Hall–Kier alpha value is -2.78. The van der Waals surface area contributed by atoms with Gasteiger partial charge in [0.1, 0.15) is 5.40 Å². The molecule has 0 saturated carbocycles. The second-order valence-corrected chi connectivity index (χ2v) is 6.68. The van der Waals surface area contributed by atoms with Crippen LogP contribution >= 0.6 is 11.8 Å². The fourth-order valence-corrected chi connectivity index (χ4v) is 3.09. The third-order valence-electron chi connectivity index (χ3n) is 3.76. The van der Waals surface area contributed by atoms with E-state index < -0.39 is 5.97 Å². The van der Waals surface area contributed by atoms with Crippen molar-refractivity contribution in [2.24, 2.45) is 0 Å². The SMILES string of the molecule is Cc1cc(SC#N)cc(C)c1NC(=O)COC(=O)CCc1ccccc1. The number of nitrogens with zero attached hydrogens (tertiary/aromatic N) is 1. The standard InChI is InChI=1S/C20H20N2O3S/c1-14-10-17(26-13-21)11-15(2)20(14)22-18(23)12-25-19(24)9-8-16-6-4-3-5-7-16/h3-7,10-11H,8-9,12H2,1-2H3,(H,22,23). The van der Waals surface area contributed by atoms with Gasteiger partial charge in [0.25, 0.3) is 5.91 Å². The fourth-order valence-electron chi connectivity index (χ4n) is 2.52. The van der Waals surface area contributed by atoms with Crippen LogP contribution in [0.4, 0.5) is 5.69 Å². The number of amides is 1. The number of rotatable bonds is 7. The van der Waals surface area contributed by atoms with Gasteiger partial charge >= 0.3 is 5.97 Å². The lowest BCUT2D eigenvalue weighted by Crippen LogP contribution is -2.22. The van der Waals surface area contributed by atoms with E-state index in [1.54, 1.807) is 0 Å². The lowest BCUT2D eigenvalue weighted by molar-refractivity contribution is -0.147. The molecule has 2 rings (SSSR count). The molecule has 5 nitrogen and oxygen atoms in total. The highest BCUT2D eigenvalue weighted by molar-refractivity contribution is 8.03. The average molecular weight is 368 g/mol. The van der Waals surface area contributed by atoms with Crippen molar-refractivity contribution < 1.29 is 14.3 Å². The molecule has 0 unspecified atom stereocenters. The monoisotopic (exact) mass is 368 g/mol. The van der Waals surface area contributed by atoms with E-state index in [9.17, 15) is 9.59 Å². The molecule has 2 aromatic rings. The summed E-state index contributed by atoms with van der Waals surface area (Å²) in [5.41, 5.74) is 3.44. The lowest BCUT2D eigenvalue weighted by atomic mass is 10.1. The van der Waals surface area contributed by atoms with E-state index in [1.807, 2.05) is 61.7 Å². The number of aryl methyl sites for hydroxylation is 3. The first kappa shape index (κ1) is 19.5. The molecule has 0 heterocycles. The van der Waals surface area contributed by atoms with Crippen molar-refractivity contribution in [2.75, 3.05) is 11.9 Å². The maximum atomic E-state index is 12.1. The number of nitriles is 1. The van der Waals surface area contributed by atoms with Crippen LogP contribution < -0.4 is 5.32 Å². The van der Waals surface area contributed by atoms with Gasteiger partial charge in [-0.1, -0.05) is 30.3 Å². The van der Waals surface area contributed by atoms with Crippen molar-refractivity contribution in [2.45, 2.75) is 31.6 Å². The second-order valence-electron chi connectivity index (χ2n) is 5.82. The van der Waals surface area contributed by atoms with Gasteiger partial charge < -0.3 is 10.1 Å². The smallest absolute Gasteiger partial charge is 0.306 e. The normalized spacial score (nSPS) is 10.0. The molecule has 0 spiro atoms. The predicted octanol–water partition coefficient (Wildman–Crippen LogP) is 3.99. The first-order chi connectivity index (χ1) is 12.5. The molecule has 6 heteroatoms. The van der Waals surface area contributed by atoms with Crippen LogP contribution in [0, 0.1) is 24.5 Å². The van der Waals surface area contributed by atoms with Gasteiger partial charge in [-0.2, -0.15) is 5.26 Å². The van der Waals surface area contributed by atoms with E-state index in [4.69, 9.17) is 10.00 Å². The van der Waals surface area contributed by atoms with Crippen LogP contribution in [0.5, 0.6) is 0 Å². The van der Waals surface area contributed by atoms with Crippen molar-refractivity contribution in [3.63, 3.8) is 0 Å². The van der Waals surface area contributed by atoms with Crippen LogP contribution in [0.3, 0.4) is 0 Å². The first-order valence-electron chi connectivity index (χ1n) is 8.16. The summed E-state index contributed by atoms with van der Waals surface area (Å²) in [6.07, 6.45) is 0.812. The summed E-state index contributed by atoms with van der Waals surface area (Å²) < 4.78 is 5.04. The predicted molar refractivity (Wildman–Crippen MR) is 102 cm³/mol. The number of thioether (sulfide) groups is 1. The number of carbonyl (C=O) groups is 2. The third-order valence-corrected chi connectivity index (χ3v) is 4.32.